The molecule has 1 aromatic rings. The maximum absolute atomic E-state index is 11.4. The number of amides is 2. The van der Waals surface area contributed by atoms with E-state index in [1.165, 1.54) is 0 Å². The lowest BCUT2D eigenvalue weighted by atomic mass is 10.1. The molecular weight excluding hydrogens is 274 g/mol. The molecule has 7 nitrogen and oxygen atoms in total. The minimum Gasteiger partial charge on any atom is -0.445 e. The van der Waals surface area contributed by atoms with Gasteiger partial charge < -0.3 is 15.8 Å². The molecule has 0 spiro atoms. The Labute approximate surface area is 122 Å². The first kappa shape index (κ1) is 16.6. The van der Waals surface area contributed by atoms with Crippen molar-refractivity contribution in [3.05, 3.63) is 35.9 Å². The Morgan fingerprint density at radius 2 is 2.05 bits per heavy atom. The number of rotatable bonds is 7. The number of ether oxygens (including phenoxy) is 1. The Kier molecular flexibility index (Phi) is 7.42. The van der Waals surface area contributed by atoms with Crippen molar-refractivity contribution in [3.63, 3.8) is 0 Å². The Morgan fingerprint density at radius 1 is 1.33 bits per heavy atom. The number of isocyanates is 1. The topological polar surface area (TPSA) is 111 Å². The Balaban J connectivity index is 2.13. The largest absolute Gasteiger partial charge is 0.445 e. The molecule has 0 aromatic heterocycles. The maximum Gasteiger partial charge on any atom is 0.407 e. The third-order valence-corrected chi connectivity index (χ3v) is 2.65. The zero-order valence-corrected chi connectivity index (χ0v) is 11.5. The van der Waals surface area contributed by atoms with Gasteiger partial charge in [0.05, 0.1) is 6.04 Å². The van der Waals surface area contributed by atoms with Crippen molar-refractivity contribution in [1.82, 2.24) is 5.32 Å². The van der Waals surface area contributed by atoms with Crippen molar-refractivity contribution in [2.24, 2.45) is 10.7 Å². The average molecular weight is 291 g/mol. The van der Waals surface area contributed by atoms with Gasteiger partial charge in [-0.15, -0.1) is 4.99 Å². The highest BCUT2D eigenvalue weighted by molar-refractivity contribution is 5.86. The Hall–Kier alpha value is -2.50. The third-order valence-electron chi connectivity index (χ3n) is 2.65. The summed E-state index contributed by atoms with van der Waals surface area (Å²) in [6, 6.07) is 8.45. The number of aliphatic imine (C=N–C) groups is 1. The number of nitrogens with two attached hydrogens (primary N) is 1. The molecule has 112 valence electrons. The van der Waals surface area contributed by atoms with Crippen LogP contribution in [0.15, 0.2) is 35.3 Å². The molecule has 3 N–H and O–H groups in total. The molecule has 0 fully saturated rings. The molecule has 0 aliphatic rings. The summed E-state index contributed by atoms with van der Waals surface area (Å²) in [4.78, 5) is 35.3. The Bertz CT molecular complexity index is 512. The Morgan fingerprint density at radius 3 is 2.71 bits per heavy atom. The van der Waals surface area contributed by atoms with Gasteiger partial charge in [-0.1, -0.05) is 30.3 Å². The van der Waals surface area contributed by atoms with Gasteiger partial charge in [-0.2, -0.15) is 0 Å². The first-order valence-electron chi connectivity index (χ1n) is 6.45. The van der Waals surface area contributed by atoms with E-state index in [9.17, 15) is 14.4 Å². The van der Waals surface area contributed by atoms with Crippen molar-refractivity contribution in [2.45, 2.75) is 25.5 Å². The predicted molar refractivity (Wildman–Crippen MR) is 75.0 cm³/mol. The smallest absolute Gasteiger partial charge is 0.407 e. The molecule has 0 saturated carbocycles. The van der Waals surface area contributed by atoms with E-state index in [1.54, 1.807) is 0 Å². The standard InChI is InChI=1S/C14H17N3O4/c15-12(13(19)17-10-18)7-4-8-16-14(20)21-9-11-5-2-1-3-6-11/h1-3,5-6,12H,4,7-9,15H2,(H,16,20)/t12-/m0/s1. The molecule has 7 heteroatoms. The van der Waals surface area contributed by atoms with Crippen LogP contribution in [0.4, 0.5) is 4.79 Å². The fraction of sp³-hybridized carbons (Fsp3) is 0.357. The van der Waals surface area contributed by atoms with Gasteiger partial charge in [0.25, 0.3) is 5.91 Å². The van der Waals surface area contributed by atoms with E-state index in [-0.39, 0.29) is 6.61 Å². The zero-order valence-electron chi connectivity index (χ0n) is 11.5. The van der Waals surface area contributed by atoms with Gasteiger partial charge in [0.1, 0.15) is 6.61 Å². The normalized spacial score (nSPS) is 11.1. The monoisotopic (exact) mass is 291 g/mol. The van der Waals surface area contributed by atoms with Crippen LogP contribution in [0.1, 0.15) is 18.4 Å². The molecule has 0 aliphatic heterocycles. The molecule has 1 aromatic carbocycles. The van der Waals surface area contributed by atoms with Crippen LogP contribution in [0.25, 0.3) is 0 Å². The summed E-state index contributed by atoms with van der Waals surface area (Å²) in [5.74, 6) is -0.711. The second-order valence-electron chi connectivity index (χ2n) is 4.28. The number of benzene rings is 1. The van der Waals surface area contributed by atoms with Gasteiger partial charge >= 0.3 is 6.09 Å². The summed E-state index contributed by atoms with van der Waals surface area (Å²) < 4.78 is 5.00. The average Bonchev–Trinajstić information content (AvgIpc) is 2.50. The van der Waals surface area contributed by atoms with Crippen molar-refractivity contribution in [2.75, 3.05) is 6.54 Å². The molecule has 21 heavy (non-hydrogen) atoms. The number of hydrogen-bond acceptors (Lipinski definition) is 5. The quantitative estimate of drug-likeness (QED) is 0.440. The van der Waals surface area contributed by atoms with Crippen molar-refractivity contribution in [3.8, 4) is 0 Å². The molecule has 0 saturated heterocycles. The van der Waals surface area contributed by atoms with E-state index in [2.05, 4.69) is 10.3 Å². The lowest BCUT2D eigenvalue weighted by molar-refractivity contribution is -0.119. The highest BCUT2D eigenvalue weighted by atomic mass is 16.5. The molecule has 0 unspecified atom stereocenters. The molecule has 0 aliphatic carbocycles. The summed E-state index contributed by atoms with van der Waals surface area (Å²) in [5, 5.41) is 2.54. The number of hydrogen-bond donors (Lipinski definition) is 2. The minimum absolute atomic E-state index is 0.193. The SMILES string of the molecule is N[C@@H](CCCNC(=O)OCc1ccccc1)C(=O)N=C=O. The van der Waals surface area contributed by atoms with Gasteiger partial charge in [-0.05, 0) is 18.4 Å². The van der Waals surface area contributed by atoms with Crippen LogP contribution in [-0.4, -0.2) is 30.7 Å². The van der Waals surface area contributed by atoms with Crippen LogP contribution < -0.4 is 11.1 Å². The number of carbonyl (C=O) groups is 2. The molecule has 1 rings (SSSR count). The van der Waals surface area contributed by atoms with E-state index in [4.69, 9.17) is 10.5 Å². The van der Waals surface area contributed by atoms with Crippen molar-refractivity contribution < 1.29 is 19.1 Å². The van der Waals surface area contributed by atoms with Crippen molar-refractivity contribution in [1.29, 1.82) is 0 Å². The molecule has 0 heterocycles. The van der Waals surface area contributed by atoms with Crippen LogP contribution in [0, 0.1) is 0 Å². The molecule has 0 radical (unpaired) electrons. The van der Waals surface area contributed by atoms with Gasteiger partial charge in [0.15, 0.2) is 0 Å². The minimum atomic E-state index is -0.853. The summed E-state index contributed by atoms with van der Waals surface area (Å²) in [5.41, 5.74) is 6.38. The fourth-order valence-corrected chi connectivity index (χ4v) is 1.54. The molecule has 1 atom stereocenters. The number of carbonyl (C=O) groups excluding carboxylic acids is 3. The zero-order chi connectivity index (χ0) is 15.5. The second-order valence-corrected chi connectivity index (χ2v) is 4.28. The maximum atomic E-state index is 11.4. The molecular formula is C14H17N3O4. The third kappa shape index (κ3) is 7.00. The predicted octanol–water partition coefficient (Wildman–Crippen LogP) is 0.883. The fourth-order valence-electron chi connectivity index (χ4n) is 1.54. The highest BCUT2D eigenvalue weighted by Crippen LogP contribution is 2.00. The summed E-state index contributed by atoms with van der Waals surface area (Å²) in [7, 11) is 0. The van der Waals surface area contributed by atoms with Gasteiger partial charge in [-0.3, -0.25) is 4.79 Å². The molecule has 2 amide bonds. The number of nitrogens with one attached hydrogen (secondary N) is 1. The van der Waals surface area contributed by atoms with Crippen molar-refractivity contribution >= 4 is 18.1 Å². The van der Waals surface area contributed by atoms with E-state index in [0.717, 1.165) is 11.6 Å². The highest BCUT2D eigenvalue weighted by Gasteiger charge is 2.12. The lowest BCUT2D eigenvalue weighted by Crippen LogP contribution is -2.31. The van der Waals surface area contributed by atoms with E-state index in [1.807, 2.05) is 30.3 Å². The van der Waals surface area contributed by atoms with Crippen LogP contribution in [0.2, 0.25) is 0 Å². The van der Waals surface area contributed by atoms with Crippen LogP contribution >= 0.6 is 0 Å². The van der Waals surface area contributed by atoms with Crippen LogP contribution in [0.3, 0.4) is 0 Å². The first-order chi connectivity index (χ1) is 10.1. The molecule has 0 bridgehead atoms. The van der Waals surface area contributed by atoms with E-state index < -0.39 is 18.0 Å². The summed E-state index contributed by atoms with van der Waals surface area (Å²) in [6.07, 6.45) is 1.39. The van der Waals surface area contributed by atoms with Gasteiger partial charge in [0, 0.05) is 6.54 Å². The lowest BCUT2D eigenvalue weighted by Gasteiger charge is -2.08. The second kappa shape index (κ2) is 9.41. The number of alkyl carbamates (subject to hydrolysis) is 1. The van der Waals surface area contributed by atoms with E-state index >= 15 is 0 Å². The van der Waals surface area contributed by atoms with Gasteiger partial charge in [-0.25, -0.2) is 9.59 Å². The first-order valence-corrected chi connectivity index (χ1v) is 6.45. The number of nitrogens with zero attached hydrogens (tertiary/aromatic N) is 1. The summed E-state index contributed by atoms with van der Waals surface area (Å²) in [6.45, 7) is 0.512. The van der Waals surface area contributed by atoms with Crippen LogP contribution in [-0.2, 0) is 20.9 Å². The van der Waals surface area contributed by atoms with Gasteiger partial charge in [0.2, 0.25) is 6.08 Å². The van der Waals surface area contributed by atoms with E-state index in [0.29, 0.717) is 19.4 Å². The van der Waals surface area contributed by atoms with Crippen LogP contribution in [0.5, 0.6) is 0 Å². The summed E-state index contributed by atoms with van der Waals surface area (Å²) >= 11 is 0.